The fraction of sp³-hybridized carbons (Fsp3) is 0.500. The van der Waals surface area contributed by atoms with E-state index in [-0.39, 0.29) is 12.5 Å². The molecule has 1 amide bonds. The summed E-state index contributed by atoms with van der Waals surface area (Å²) < 4.78 is 0. The molecule has 1 fully saturated rings. The number of carbonyl (C=O) groups is 2. The number of aliphatic carboxylic acids is 1. The van der Waals surface area contributed by atoms with Crippen molar-refractivity contribution in [1.82, 2.24) is 9.80 Å². The van der Waals surface area contributed by atoms with E-state index in [1.165, 1.54) is 0 Å². The van der Waals surface area contributed by atoms with E-state index in [0.717, 1.165) is 17.5 Å². The smallest absolute Gasteiger partial charge is 0.320 e. The maximum absolute atomic E-state index is 12.3. The summed E-state index contributed by atoms with van der Waals surface area (Å²) in [6.45, 7) is 3.44. The molecule has 1 aromatic rings. The van der Waals surface area contributed by atoms with Gasteiger partial charge in [0.25, 0.3) is 0 Å². The average molecular weight is 290 g/mol. The Morgan fingerprint density at radius 1 is 1.38 bits per heavy atom. The maximum Gasteiger partial charge on any atom is 0.320 e. The third-order valence-electron chi connectivity index (χ3n) is 4.08. The van der Waals surface area contributed by atoms with Crippen molar-refractivity contribution in [2.45, 2.75) is 32.4 Å². The average Bonchev–Trinajstić information content (AvgIpc) is 2.89. The summed E-state index contributed by atoms with van der Waals surface area (Å²) in [7, 11) is 1.76. The fourth-order valence-electron chi connectivity index (χ4n) is 2.72. The van der Waals surface area contributed by atoms with Crippen molar-refractivity contribution in [3.05, 3.63) is 35.4 Å². The molecule has 5 nitrogen and oxygen atoms in total. The minimum Gasteiger partial charge on any atom is -0.480 e. The van der Waals surface area contributed by atoms with E-state index in [2.05, 4.69) is 0 Å². The van der Waals surface area contributed by atoms with E-state index in [1.54, 1.807) is 16.8 Å². The van der Waals surface area contributed by atoms with Gasteiger partial charge < -0.3 is 10.0 Å². The molecule has 1 heterocycles. The highest BCUT2D eigenvalue weighted by atomic mass is 16.4. The second-order valence-electron chi connectivity index (χ2n) is 5.64. The van der Waals surface area contributed by atoms with Crippen molar-refractivity contribution in [2.75, 3.05) is 20.1 Å². The Morgan fingerprint density at radius 3 is 2.76 bits per heavy atom. The van der Waals surface area contributed by atoms with Gasteiger partial charge in [0.15, 0.2) is 0 Å². The summed E-state index contributed by atoms with van der Waals surface area (Å²) in [6, 6.07) is 7.45. The fourth-order valence-corrected chi connectivity index (χ4v) is 2.72. The number of nitrogens with zero attached hydrogens (tertiary/aromatic N) is 2. The molecule has 114 valence electrons. The predicted molar refractivity (Wildman–Crippen MR) is 79.9 cm³/mol. The lowest BCUT2D eigenvalue weighted by molar-refractivity contribution is -0.143. The number of benzene rings is 1. The molecule has 0 radical (unpaired) electrons. The highest BCUT2D eigenvalue weighted by Gasteiger charge is 2.32. The van der Waals surface area contributed by atoms with Crippen LogP contribution < -0.4 is 0 Å². The Labute approximate surface area is 125 Å². The molecular weight excluding hydrogens is 268 g/mol. The second-order valence-corrected chi connectivity index (χ2v) is 5.64. The normalized spacial score (nSPS) is 18.7. The van der Waals surface area contributed by atoms with Crippen molar-refractivity contribution in [1.29, 1.82) is 0 Å². The molecule has 0 aromatic heterocycles. The van der Waals surface area contributed by atoms with Gasteiger partial charge in [-0.3, -0.25) is 14.5 Å². The molecule has 1 N–H and O–H groups in total. The van der Waals surface area contributed by atoms with Crippen LogP contribution >= 0.6 is 0 Å². The molecular formula is C16H22N2O3. The molecule has 1 aliphatic heterocycles. The number of likely N-dealkylation sites (N-methyl/N-ethyl adjacent to an activating group) is 1. The van der Waals surface area contributed by atoms with Crippen LogP contribution in [-0.4, -0.2) is 53.0 Å². The summed E-state index contributed by atoms with van der Waals surface area (Å²) in [5.41, 5.74) is 2.27. The topological polar surface area (TPSA) is 60.9 Å². The Kier molecular flexibility index (Phi) is 4.96. The van der Waals surface area contributed by atoms with Crippen molar-refractivity contribution in [3.8, 4) is 0 Å². The minimum absolute atomic E-state index is 0.0357. The summed E-state index contributed by atoms with van der Waals surface area (Å²) in [5.74, 6) is -0.867. The van der Waals surface area contributed by atoms with Crippen LogP contribution in [0.1, 0.15) is 24.0 Å². The third kappa shape index (κ3) is 3.82. The number of carbonyl (C=O) groups excluding carboxylic acids is 1. The first-order valence-electron chi connectivity index (χ1n) is 7.24. The largest absolute Gasteiger partial charge is 0.480 e. The number of amides is 1. The minimum atomic E-state index is -0.832. The highest BCUT2D eigenvalue weighted by Crippen LogP contribution is 2.17. The van der Waals surface area contributed by atoms with Gasteiger partial charge in [0, 0.05) is 13.6 Å². The van der Waals surface area contributed by atoms with Crippen LogP contribution in [0.2, 0.25) is 0 Å². The van der Waals surface area contributed by atoms with Gasteiger partial charge in [-0.15, -0.1) is 0 Å². The van der Waals surface area contributed by atoms with Crippen molar-refractivity contribution >= 4 is 11.9 Å². The van der Waals surface area contributed by atoms with Gasteiger partial charge >= 0.3 is 5.97 Å². The molecule has 21 heavy (non-hydrogen) atoms. The van der Waals surface area contributed by atoms with E-state index in [1.807, 2.05) is 31.2 Å². The molecule has 1 aromatic carbocycles. The van der Waals surface area contributed by atoms with Gasteiger partial charge in [0.1, 0.15) is 6.04 Å². The lowest BCUT2D eigenvalue weighted by Crippen LogP contribution is -2.43. The SMILES string of the molecule is Cc1ccccc1CN(C)C(=O)CN1CCC[C@H]1C(=O)O. The van der Waals surface area contributed by atoms with Gasteiger partial charge in [0.05, 0.1) is 6.54 Å². The van der Waals surface area contributed by atoms with E-state index < -0.39 is 12.0 Å². The lowest BCUT2D eigenvalue weighted by atomic mass is 10.1. The summed E-state index contributed by atoms with van der Waals surface area (Å²) in [6.07, 6.45) is 1.47. The van der Waals surface area contributed by atoms with Crippen LogP contribution in [0.5, 0.6) is 0 Å². The van der Waals surface area contributed by atoms with E-state index >= 15 is 0 Å². The number of likely N-dealkylation sites (tertiary alicyclic amines) is 1. The zero-order valence-corrected chi connectivity index (χ0v) is 12.6. The molecule has 0 unspecified atom stereocenters. The number of hydrogen-bond acceptors (Lipinski definition) is 3. The molecule has 1 atom stereocenters. The number of carboxylic acid groups (broad SMARTS) is 1. The molecule has 5 heteroatoms. The van der Waals surface area contributed by atoms with E-state index in [0.29, 0.717) is 19.5 Å². The summed E-state index contributed by atoms with van der Waals surface area (Å²) >= 11 is 0. The quantitative estimate of drug-likeness (QED) is 0.893. The van der Waals surface area contributed by atoms with E-state index in [9.17, 15) is 9.59 Å². The van der Waals surface area contributed by atoms with Crippen LogP contribution in [0.3, 0.4) is 0 Å². The highest BCUT2D eigenvalue weighted by molar-refractivity contribution is 5.80. The first-order valence-corrected chi connectivity index (χ1v) is 7.24. The Morgan fingerprint density at radius 2 is 2.10 bits per heavy atom. The Hall–Kier alpha value is -1.88. The first kappa shape index (κ1) is 15.5. The number of carboxylic acids is 1. The van der Waals surface area contributed by atoms with Gasteiger partial charge in [-0.05, 0) is 37.4 Å². The van der Waals surface area contributed by atoms with E-state index in [4.69, 9.17) is 5.11 Å². The summed E-state index contributed by atoms with van der Waals surface area (Å²) in [5, 5.41) is 9.14. The lowest BCUT2D eigenvalue weighted by Gasteiger charge is -2.24. The van der Waals surface area contributed by atoms with Gasteiger partial charge in [-0.1, -0.05) is 24.3 Å². The zero-order chi connectivity index (χ0) is 15.4. The molecule has 1 aliphatic rings. The van der Waals surface area contributed by atoms with Crippen LogP contribution in [0.4, 0.5) is 0 Å². The number of rotatable bonds is 5. The molecule has 1 saturated heterocycles. The van der Waals surface area contributed by atoms with Crippen LogP contribution in [0.15, 0.2) is 24.3 Å². The van der Waals surface area contributed by atoms with Crippen molar-refractivity contribution < 1.29 is 14.7 Å². The Balaban J connectivity index is 1.94. The predicted octanol–water partition coefficient (Wildman–Crippen LogP) is 1.50. The first-order chi connectivity index (χ1) is 9.99. The van der Waals surface area contributed by atoms with Crippen molar-refractivity contribution in [3.63, 3.8) is 0 Å². The summed E-state index contributed by atoms with van der Waals surface area (Å²) in [4.78, 5) is 26.8. The Bertz CT molecular complexity index is 530. The van der Waals surface area contributed by atoms with Crippen LogP contribution in [-0.2, 0) is 16.1 Å². The van der Waals surface area contributed by atoms with Crippen molar-refractivity contribution in [2.24, 2.45) is 0 Å². The third-order valence-corrected chi connectivity index (χ3v) is 4.08. The zero-order valence-electron chi connectivity index (χ0n) is 12.6. The molecule has 0 spiro atoms. The molecule has 0 aliphatic carbocycles. The standard InChI is InChI=1S/C16H22N2O3/c1-12-6-3-4-7-13(12)10-17(2)15(19)11-18-9-5-8-14(18)16(20)21/h3-4,6-7,14H,5,8-11H2,1-2H3,(H,20,21)/t14-/m0/s1. The number of aryl methyl sites for hydroxylation is 1. The van der Waals surface area contributed by atoms with Crippen LogP contribution in [0.25, 0.3) is 0 Å². The maximum atomic E-state index is 12.3. The van der Waals surface area contributed by atoms with Crippen LogP contribution in [0, 0.1) is 6.92 Å². The molecule has 0 bridgehead atoms. The van der Waals surface area contributed by atoms with Gasteiger partial charge in [0.2, 0.25) is 5.91 Å². The van der Waals surface area contributed by atoms with Gasteiger partial charge in [-0.2, -0.15) is 0 Å². The van der Waals surface area contributed by atoms with Gasteiger partial charge in [-0.25, -0.2) is 0 Å². The second kappa shape index (κ2) is 6.72. The monoisotopic (exact) mass is 290 g/mol. The molecule has 0 saturated carbocycles. The molecule has 2 rings (SSSR count). The number of hydrogen-bond donors (Lipinski definition) is 1.